The number of para-hydroxylation sites is 2. The first kappa shape index (κ1) is 17.6. The minimum absolute atomic E-state index is 0.00830. The zero-order chi connectivity index (χ0) is 20.0. The Morgan fingerprint density at radius 3 is 2.69 bits per heavy atom. The van der Waals surface area contributed by atoms with E-state index in [0.29, 0.717) is 6.42 Å². The lowest BCUT2D eigenvalue weighted by molar-refractivity contribution is -0.0209. The molecule has 2 heterocycles. The van der Waals surface area contributed by atoms with E-state index in [-0.39, 0.29) is 18.0 Å². The zero-order valence-corrected chi connectivity index (χ0v) is 16.4. The van der Waals surface area contributed by atoms with Gasteiger partial charge in [0.15, 0.2) is 11.5 Å². The van der Waals surface area contributed by atoms with Gasteiger partial charge < -0.3 is 14.6 Å². The fourth-order valence-corrected chi connectivity index (χ4v) is 4.17. The number of aromatic hydroxyl groups is 1. The van der Waals surface area contributed by atoms with Crippen LogP contribution in [0.3, 0.4) is 0 Å². The second-order valence-corrected chi connectivity index (χ2v) is 7.43. The number of rotatable bonds is 3. The number of aryl methyl sites for hydroxylation is 1. The monoisotopic (exact) mass is 386 g/mol. The molecule has 2 atom stereocenters. The van der Waals surface area contributed by atoms with Crippen molar-refractivity contribution in [1.82, 2.24) is 5.01 Å². The molecule has 0 spiro atoms. The van der Waals surface area contributed by atoms with Crippen molar-refractivity contribution >= 4 is 5.71 Å². The van der Waals surface area contributed by atoms with Crippen molar-refractivity contribution < 1.29 is 14.6 Å². The molecule has 0 amide bonds. The molecule has 29 heavy (non-hydrogen) atoms. The summed E-state index contributed by atoms with van der Waals surface area (Å²) in [6, 6.07) is 21.6. The highest BCUT2D eigenvalue weighted by Crippen LogP contribution is 2.51. The highest BCUT2D eigenvalue weighted by molar-refractivity contribution is 6.04. The SMILES string of the molecule is COc1cccc2c1O[C@H](c1cccc(C)c1)N1N=C(c3ccccc3O)C[C@H]21. The minimum atomic E-state index is -0.368. The Labute approximate surface area is 169 Å². The molecule has 3 aromatic rings. The first-order chi connectivity index (χ1) is 14.2. The Hall–Kier alpha value is -3.47. The topological polar surface area (TPSA) is 54.3 Å². The maximum atomic E-state index is 10.4. The van der Waals surface area contributed by atoms with Crippen LogP contribution in [0.5, 0.6) is 17.2 Å². The molecule has 0 saturated carbocycles. The predicted octanol–water partition coefficient (Wildman–Crippen LogP) is 4.95. The van der Waals surface area contributed by atoms with E-state index in [4.69, 9.17) is 14.6 Å². The van der Waals surface area contributed by atoms with Crippen molar-refractivity contribution in [1.29, 1.82) is 0 Å². The van der Waals surface area contributed by atoms with E-state index in [1.165, 1.54) is 0 Å². The molecule has 0 aromatic heterocycles. The van der Waals surface area contributed by atoms with Crippen molar-refractivity contribution in [3.05, 3.63) is 89.0 Å². The first-order valence-electron chi connectivity index (χ1n) is 9.70. The molecule has 1 N–H and O–H groups in total. The Morgan fingerprint density at radius 1 is 1.07 bits per heavy atom. The number of fused-ring (bicyclic) bond motifs is 3. The maximum Gasteiger partial charge on any atom is 0.214 e. The van der Waals surface area contributed by atoms with Crippen LogP contribution in [0.25, 0.3) is 0 Å². The summed E-state index contributed by atoms with van der Waals surface area (Å²) in [5.74, 6) is 1.72. The summed E-state index contributed by atoms with van der Waals surface area (Å²) < 4.78 is 12.0. The Balaban J connectivity index is 1.65. The molecule has 0 bridgehead atoms. The average molecular weight is 386 g/mol. The van der Waals surface area contributed by atoms with E-state index >= 15 is 0 Å². The summed E-state index contributed by atoms with van der Waals surface area (Å²) in [5, 5.41) is 17.3. The number of phenols is 1. The van der Waals surface area contributed by atoms with Gasteiger partial charge in [-0.25, -0.2) is 5.01 Å². The molecule has 5 rings (SSSR count). The second kappa shape index (κ2) is 6.85. The molecule has 3 aromatic carbocycles. The smallest absolute Gasteiger partial charge is 0.214 e. The lowest BCUT2D eigenvalue weighted by Gasteiger charge is -2.38. The van der Waals surface area contributed by atoms with Gasteiger partial charge >= 0.3 is 0 Å². The van der Waals surface area contributed by atoms with Gasteiger partial charge in [0.1, 0.15) is 5.75 Å². The largest absolute Gasteiger partial charge is 0.507 e. The van der Waals surface area contributed by atoms with Crippen LogP contribution >= 0.6 is 0 Å². The van der Waals surface area contributed by atoms with Crippen LogP contribution in [0, 0.1) is 6.92 Å². The molecule has 0 unspecified atom stereocenters. The molecule has 5 nitrogen and oxygen atoms in total. The van der Waals surface area contributed by atoms with E-state index in [9.17, 15) is 5.11 Å². The highest BCUT2D eigenvalue weighted by atomic mass is 16.5. The van der Waals surface area contributed by atoms with Crippen molar-refractivity contribution in [2.45, 2.75) is 25.6 Å². The maximum absolute atomic E-state index is 10.4. The summed E-state index contributed by atoms with van der Waals surface area (Å²) in [4.78, 5) is 0. The van der Waals surface area contributed by atoms with Crippen LogP contribution in [-0.4, -0.2) is 22.9 Å². The van der Waals surface area contributed by atoms with E-state index in [2.05, 4.69) is 31.2 Å². The van der Waals surface area contributed by atoms with Crippen LogP contribution in [0.4, 0.5) is 0 Å². The molecule has 0 fully saturated rings. The lowest BCUT2D eigenvalue weighted by Crippen LogP contribution is -2.33. The molecular formula is C24H22N2O3. The molecular weight excluding hydrogens is 364 g/mol. The van der Waals surface area contributed by atoms with E-state index in [1.54, 1.807) is 13.2 Å². The summed E-state index contributed by atoms with van der Waals surface area (Å²) >= 11 is 0. The van der Waals surface area contributed by atoms with Gasteiger partial charge in [-0.3, -0.25) is 0 Å². The Bertz CT molecular complexity index is 1110. The molecule has 0 radical (unpaired) electrons. The quantitative estimate of drug-likeness (QED) is 0.692. The highest BCUT2D eigenvalue weighted by Gasteiger charge is 2.42. The summed E-state index contributed by atoms with van der Waals surface area (Å²) in [7, 11) is 1.66. The third-order valence-corrected chi connectivity index (χ3v) is 5.54. The molecule has 2 aliphatic rings. The first-order valence-corrected chi connectivity index (χ1v) is 9.70. The number of methoxy groups -OCH3 is 1. The fraction of sp³-hybridized carbons (Fsp3) is 0.208. The number of hydrogen-bond acceptors (Lipinski definition) is 5. The van der Waals surface area contributed by atoms with Gasteiger partial charge in [-0.2, -0.15) is 5.10 Å². The van der Waals surface area contributed by atoms with E-state index < -0.39 is 0 Å². The van der Waals surface area contributed by atoms with Gasteiger partial charge in [-0.05, 0) is 25.1 Å². The normalized spacial score (nSPS) is 19.8. The van der Waals surface area contributed by atoms with Crippen molar-refractivity contribution in [3.63, 3.8) is 0 Å². The number of hydrazone groups is 1. The predicted molar refractivity (Wildman–Crippen MR) is 111 cm³/mol. The van der Waals surface area contributed by atoms with Crippen LogP contribution in [0.15, 0.2) is 71.8 Å². The fourth-order valence-electron chi connectivity index (χ4n) is 4.17. The Kier molecular flexibility index (Phi) is 4.16. The molecule has 0 aliphatic carbocycles. The Morgan fingerprint density at radius 2 is 1.90 bits per heavy atom. The third-order valence-electron chi connectivity index (χ3n) is 5.54. The van der Waals surface area contributed by atoms with Gasteiger partial charge in [0.2, 0.25) is 6.23 Å². The summed E-state index contributed by atoms with van der Waals surface area (Å²) in [6.45, 7) is 2.07. The summed E-state index contributed by atoms with van der Waals surface area (Å²) in [6.07, 6.45) is 0.315. The van der Waals surface area contributed by atoms with Crippen LogP contribution in [-0.2, 0) is 0 Å². The number of nitrogens with zero attached hydrogens (tertiary/aromatic N) is 2. The van der Waals surface area contributed by atoms with Gasteiger partial charge in [0.25, 0.3) is 0 Å². The van der Waals surface area contributed by atoms with E-state index in [1.807, 2.05) is 41.4 Å². The standard InChI is InChI=1S/C24H22N2O3/c1-15-7-5-8-16(13-15)24-26-20(18-10-6-12-22(28-2)23(18)29-24)14-19(25-26)17-9-3-4-11-21(17)27/h3-13,20,24,27H,14H2,1-2H3/t20-,24-/m1/s1. The average Bonchev–Trinajstić information content (AvgIpc) is 3.18. The van der Waals surface area contributed by atoms with Gasteiger partial charge in [0, 0.05) is 23.1 Å². The number of ether oxygens (including phenoxy) is 2. The van der Waals surface area contributed by atoms with Crippen molar-refractivity contribution in [3.8, 4) is 17.2 Å². The van der Waals surface area contributed by atoms with Crippen LogP contribution in [0.1, 0.15) is 40.9 Å². The van der Waals surface area contributed by atoms with Gasteiger partial charge in [-0.15, -0.1) is 0 Å². The molecule has 0 saturated heterocycles. The second-order valence-electron chi connectivity index (χ2n) is 7.43. The van der Waals surface area contributed by atoms with Crippen molar-refractivity contribution in [2.75, 3.05) is 7.11 Å². The van der Waals surface area contributed by atoms with E-state index in [0.717, 1.165) is 39.5 Å². The number of benzene rings is 3. The molecule has 2 aliphatic heterocycles. The zero-order valence-electron chi connectivity index (χ0n) is 16.4. The number of phenolic OH excluding ortho intramolecular Hbond substituents is 1. The van der Waals surface area contributed by atoms with Gasteiger partial charge in [-0.1, -0.05) is 54.1 Å². The van der Waals surface area contributed by atoms with Crippen LogP contribution in [0.2, 0.25) is 0 Å². The minimum Gasteiger partial charge on any atom is -0.507 e. The summed E-state index contributed by atoms with van der Waals surface area (Å²) in [5.41, 5.74) is 4.85. The lowest BCUT2D eigenvalue weighted by atomic mass is 9.95. The van der Waals surface area contributed by atoms with Crippen LogP contribution < -0.4 is 9.47 Å². The third kappa shape index (κ3) is 2.90. The number of hydrogen-bond donors (Lipinski definition) is 1. The molecule has 5 heteroatoms. The van der Waals surface area contributed by atoms with Gasteiger partial charge in [0.05, 0.1) is 18.9 Å². The van der Waals surface area contributed by atoms with Crippen molar-refractivity contribution in [2.24, 2.45) is 5.10 Å². The molecule has 146 valence electrons.